The Labute approximate surface area is 132 Å². The van der Waals surface area contributed by atoms with Gasteiger partial charge in [0.05, 0.1) is 17.6 Å². The molecule has 2 aromatic rings. The van der Waals surface area contributed by atoms with Gasteiger partial charge in [-0.1, -0.05) is 0 Å². The van der Waals surface area contributed by atoms with Crippen molar-refractivity contribution >= 4 is 27.3 Å². The molecule has 1 N–H and O–H groups in total. The van der Waals surface area contributed by atoms with Crippen LogP contribution in [-0.2, 0) is 10.0 Å². The van der Waals surface area contributed by atoms with Gasteiger partial charge >= 0.3 is 0 Å². The lowest BCUT2D eigenvalue weighted by molar-refractivity contribution is 0.102. The second kappa shape index (κ2) is 6.33. The molecule has 23 heavy (non-hydrogen) atoms. The largest absolute Gasteiger partial charge is 0.320 e. The minimum Gasteiger partial charge on any atom is -0.320 e. The molecule has 2 rings (SSSR count). The van der Waals surface area contributed by atoms with Gasteiger partial charge in [-0.15, -0.1) is 0 Å². The number of hydrogen-bond acceptors (Lipinski definition) is 3. The number of sulfonamides is 1. The zero-order chi connectivity index (χ0) is 17.2. The lowest BCUT2D eigenvalue weighted by Crippen LogP contribution is -2.26. The molecule has 0 radical (unpaired) electrons. The normalized spacial score (nSPS) is 11.1. The number of nitrogens with zero attached hydrogens (tertiary/aromatic N) is 1. The van der Waals surface area contributed by atoms with E-state index >= 15 is 0 Å². The van der Waals surface area contributed by atoms with Crippen molar-refractivity contribution in [1.29, 1.82) is 0 Å². The summed E-state index contributed by atoms with van der Waals surface area (Å²) in [7, 11) is -2.30. The number of benzene rings is 2. The standard InChI is InChI=1S/C15H14F2N2O3S/c1-19(23(2,21)22)14-8-7-12(17)9-13(14)18-15(20)10-3-5-11(16)6-4-10/h3-9H,1-2H3,(H,18,20). The van der Waals surface area contributed by atoms with E-state index in [4.69, 9.17) is 0 Å². The lowest BCUT2D eigenvalue weighted by Gasteiger charge is -2.20. The first-order chi connectivity index (χ1) is 10.7. The first kappa shape index (κ1) is 16.9. The highest BCUT2D eigenvalue weighted by Crippen LogP contribution is 2.28. The second-order valence-electron chi connectivity index (χ2n) is 4.85. The van der Waals surface area contributed by atoms with Gasteiger partial charge < -0.3 is 5.32 Å². The predicted molar refractivity (Wildman–Crippen MR) is 84.0 cm³/mol. The summed E-state index contributed by atoms with van der Waals surface area (Å²) < 4.78 is 50.5. The summed E-state index contributed by atoms with van der Waals surface area (Å²) in [6.45, 7) is 0. The number of rotatable bonds is 4. The zero-order valence-electron chi connectivity index (χ0n) is 12.4. The van der Waals surface area contributed by atoms with Crippen LogP contribution in [0.2, 0.25) is 0 Å². The van der Waals surface area contributed by atoms with Crippen molar-refractivity contribution in [1.82, 2.24) is 0 Å². The van der Waals surface area contributed by atoms with Crippen LogP contribution in [0.25, 0.3) is 0 Å². The van der Waals surface area contributed by atoms with E-state index in [1.54, 1.807) is 0 Å². The molecule has 8 heteroatoms. The van der Waals surface area contributed by atoms with Gasteiger partial charge in [-0.05, 0) is 42.5 Å². The Morgan fingerprint density at radius 1 is 1.04 bits per heavy atom. The van der Waals surface area contributed by atoms with Gasteiger partial charge in [-0.25, -0.2) is 17.2 Å². The van der Waals surface area contributed by atoms with Crippen LogP contribution in [0.15, 0.2) is 42.5 Å². The van der Waals surface area contributed by atoms with E-state index in [0.29, 0.717) is 0 Å². The fraction of sp³-hybridized carbons (Fsp3) is 0.133. The van der Waals surface area contributed by atoms with Gasteiger partial charge in [-0.2, -0.15) is 0 Å². The number of nitrogens with one attached hydrogen (secondary N) is 1. The summed E-state index contributed by atoms with van der Waals surface area (Å²) in [6, 6.07) is 8.11. The Morgan fingerprint density at radius 3 is 2.17 bits per heavy atom. The summed E-state index contributed by atoms with van der Waals surface area (Å²) in [5.41, 5.74) is 0.264. The number of hydrogen-bond donors (Lipinski definition) is 1. The molecule has 2 aromatic carbocycles. The number of amides is 1. The maximum atomic E-state index is 13.4. The third-order valence-corrected chi connectivity index (χ3v) is 4.34. The molecular formula is C15H14F2N2O3S. The number of anilines is 2. The van der Waals surface area contributed by atoms with Gasteiger partial charge in [-0.3, -0.25) is 9.10 Å². The Hall–Kier alpha value is -2.48. The first-order valence-electron chi connectivity index (χ1n) is 6.49. The molecule has 0 aliphatic heterocycles. The molecule has 0 bridgehead atoms. The minimum absolute atomic E-state index is 0.00718. The van der Waals surface area contributed by atoms with E-state index < -0.39 is 27.6 Å². The molecule has 0 saturated heterocycles. The minimum atomic E-state index is -3.59. The Morgan fingerprint density at radius 2 is 1.61 bits per heavy atom. The maximum absolute atomic E-state index is 13.4. The van der Waals surface area contributed by atoms with E-state index in [1.165, 1.54) is 25.2 Å². The molecule has 0 fully saturated rings. The average molecular weight is 340 g/mol. The first-order valence-corrected chi connectivity index (χ1v) is 8.33. The third-order valence-electron chi connectivity index (χ3n) is 3.15. The molecule has 0 aliphatic rings. The Bertz CT molecular complexity index is 836. The van der Waals surface area contributed by atoms with Gasteiger partial charge in [0.2, 0.25) is 10.0 Å². The van der Waals surface area contributed by atoms with Crippen molar-refractivity contribution in [2.24, 2.45) is 0 Å². The van der Waals surface area contributed by atoms with Crippen LogP contribution in [0.5, 0.6) is 0 Å². The summed E-state index contributed by atoms with van der Waals surface area (Å²) in [4.78, 5) is 12.1. The van der Waals surface area contributed by atoms with Crippen LogP contribution in [0.3, 0.4) is 0 Å². The van der Waals surface area contributed by atoms with Crippen LogP contribution in [0.1, 0.15) is 10.4 Å². The molecule has 0 spiro atoms. The van der Waals surface area contributed by atoms with Crippen LogP contribution in [0.4, 0.5) is 20.2 Å². The molecule has 0 aliphatic carbocycles. The van der Waals surface area contributed by atoms with Gasteiger partial charge in [0.25, 0.3) is 5.91 Å². The van der Waals surface area contributed by atoms with Crippen molar-refractivity contribution in [2.45, 2.75) is 0 Å². The fourth-order valence-electron chi connectivity index (χ4n) is 1.86. The van der Waals surface area contributed by atoms with Crippen molar-refractivity contribution in [2.75, 3.05) is 22.9 Å². The van der Waals surface area contributed by atoms with E-state index in [0.717, 1.165) is 34.8 Å². The highest BCUT2D eigenvalue weighted by Gasteiger charge is 2.18. The van der Waals surface area contributed by atoms with E-state index in [1.807, 2.05) is 0 Å². The van der Waals surface area contributed by atoms with Crippen LogP contribution < -0.4 is 9.62 Å². The molecule has 0 heterocycles. The molecule has 1 amide bonds. The monoisotopic (exact) mass is 340 g/mol. The topological polar surface area (TPSA) is 66.5 Å². The van der Waals surface area contributed by atoms with Crippen molar-refractivity contribution in [3.8, 4) is 0 Å². The lowest BCUT2D eigenvalue weighted by atomic mass is 10.2. The van der Waals surface area contributed by atoms with E-state index in [2.05, 4.69) is 5.32 Å². The third kappa shape index (κ3) is 4.04. The second-order valence-corrected chi connectivity index (χ2v) is 6.87. The van der Waals surface area contributed by atoms with Crippen molar-refractivity contribution in [3.63, 3.8) is 0 Å². The maximum Gasteiger partial charge on any atom is 0.255 e. The Kier molecular flexibility index (Phi) is 4.65. The molecule has 122 valence electrons. The van der Waals surface area contributed by atoms with Crippen LogP contribution in [0, 0.1) is 11.6 Å². The molecule has 0 saturated carbocycles. The molecule has 0 atom stereocenters. The fourth-order valence-corrected chi connectivity index (χ4v) is 2.37. The van der Waals surface area contributed by atoms with Gasteiger partial charge in [0.1, 0.15) is 11.6 Å². The van der Waals surface area contributed by atoms with Gasteiger partial charge in [0.15, 0.2) is 0 Å². The zero-order valence-corrected chi connectivity index (χ0v) is 13.2. The summed E-state index contributed by atoms with van der Waals surface area (Å²) in [5, 5.41) is 2.43. The molecular weight excluding hydrogens is 326 g/mol. The smallest absolute Gasteiger partial charge is 0.255 e. The number of carbonyl (C=O) groups is 1. The molecule has 5 nitrogen and oxygen atoms in total. The number of halogens is 2. The highest BCUT2D eigenvalue weighted by atomic mass is 32.2. The summed E-state index contributed by atoms with van der Waals surface area (Å²) >= 11 is 0. The average Bonchev–Trinajstić information content (AvgIpc) is 2.46. The van der Waals surface area contributed by atoms with Gasteiger partial charge in [0, 0.05) is 12.6 Å². The SMILES string of the molecule is CN(c1ccc(F)cc1NC(=O)c1ccc(F)cc1)S(C)(=O)=O. The predicted octanol–water partition coefficient (Wildman–Crippen LogP) is 2.61. The van der Waals surface area contributed by atoms with Crippen molar-refractivity contribution < 1.29 is 22.0 Å². The highest BCUT2D eigenvalue weighted by molar-refractivity contribution is 7.92. The molecule has 0 aromatic heterocycles. The summed E-state index contributed by atoms with van der Waals surface area (Å²) in [6.07, 6.45) is 0.988. The Balaban J connectivity index is 2.37. The van der Waals surface area contributed by atoms with Crippen molar-refractivity contribution in [3.05, 3.63) is 59.7 Å². The van der Waals surface area contributed by atoms with Crippen LogP contribution >= 0.6 is 0 Å². The summed E-state index contributed by atoms with van der Waals surface area (Å²) in [5.74, 6) is -1.74. The number of carbonyl (C=O) groups excluding carboxylic acids is 1. The molecule has 0 unspecified atom stereocenters. The van der Waals surface area contributed by atoms with E-state index in [-0.39, 0.29) is 16.9 Å². The quantitative estimate of drug-likeness (QED) is 0.930. The van der Waals surface area contributed by atoms with E-state index in [9.17, 15) is 22.0 Å². The van der Waals surface area contributed by atoms with Crippen LogP contribution in [-0.4, -0.2) is 27.6 Å².